The Labute approximate surface area is 109 Å². The largest absolute Gasteiger partial charge is 0.513 e. The molecule has 1 aromatic rings. The van der Waals surface area contributed by atoms with E-state index >= 15 is 0 Å². The molecule has 2 heteroatoms. The summed E-state index contributed by atoms with van der Waals surface area (Å²) in [6.45, 7) is 7.81. The Hall–Kier alpha value is -1.83. The molecule has 0 bridgehead atoms. The Morgan fingerprint density at radius 1 is 1.50 bits per heavy atom. The van der Waals surface area contributed by atoms with Gasteiger partial charge in [-0.2, -0.15) is 0 Å². The molecule has 0 unspecified atom stereocenters. The van der Waals surface area contributed by atoms with Crippen LogP contribution in [0.1, 0.15) is 37.9 Å². The standard InChI is InChI=1S/C16H21NO/c1-4-5-9-15-10-11-17-16(12-15)13(2)7-6-8-14(3)18/h6-8,10-12,18H,2,4-5,9H2,1,3H3/b7-6-,14-8+. The SMILES string of the molecule is C=C(/C=C\C=C(/C)O)c1cc(CCCC)ccn1. The van der Waals surface area contributed by atoms with Crippen LogP contribution >= 0.6 is 0 Å². The highest BCUT2D eigenvalue weighted by atomic mass is 16.3. The van der Waals surface area contributed by atoms with Gasteiger partial charge in [-0.15, -0.1) is 0 Å². The third-order valence-electron chi connectivity index (χ3n) is 2.61. The van der Waals surface area contributed by atoms with Crippen molar-refractivity contribution in [3.8, 4) is 0 Å². The van der Waals surface area contributed by atoms with E-state index in [9.17, 15) is 0 Å². The molecule has 0 amide bonds. The molecule has 0 aliphatic carbocycles. The van der Waals surface area contributed by atoms with Gasteiger partial charge < -0.3 is 5.11 Å². The molecule has 18 heavy (non-hydrogen) atoms. The lowest BCUT2D eigenvalue weighted by Crippen LogP contribution is -1.90. The van der Waals surface area contributed by atoms with Crippen LogP contribution in [-0.2, 0) is 6.42 Å². The molecule has 0 fully saturated rings. The Bertz CT molecular complexity index is 454. The number of unbranched alkanes of at least 4 members (excludes halogenated alkanes) is 1. The second-order valence-electron chi connectivity index (χ2n) is 4.35. The van der Waals surface area contributed by atoms with Gasteiger partial charge in [0.1, 0.15) is 0 Å². The zero-order valence-corrected chi connectivity index (χ0v) is 11.2. The predicted molar refractivity (Wildman–Crippen MR) is 77.4 cm³/mol. The van der Waals surface area contributed by atoms with E-state index in [1.165, 1.54) is 18.4 Å². The highest BCUT2D eigenvalue weighted by molar-refractivity contribution is 5.70. The quantitative estimate of drug-likeness (QED) is 0.591. The number of rotatable bonds is 6. The average Bonchev–Trinajstić information content (AvgIpc) is 2.36. The summed E-state index contributed by atoms with van der Waals surface area (Å²) in [5, 5.41) is 9.04. The Balaban J connectivity index is 2.74. The van der Waals surface area contributed by atoms with E-state index in [4.69, 9.17) is 5.11 Å². The van der Waals surface area contributed by atoms with Gasteiger partial charge in [-0.25, -0.2) is 0 Å². The lowest BCUT2D eigenvalue weighted by Gasteiger charge is -2.03. The summed E-state index contributed by atoms with van der Waals surface area (Å²) >= 11 is 0. The maximum Gasteiger partial charge on any atom is 0.0891 e. The second-order valence-corrected chi connectivity index (χ2v) is 4.35. The molecule has 1 rings (SSSR count). The fourth-order valence-corrected chi connectivity index (χ4v) is 1.58. The van der Waals surface area contributed by atoms with E-state index in [-0.39, 0.29) is 5.76 Å². The molecule has 1 aromatic heterocycles. The summed E-state index contributed by atoms with van der Waals surface area (Å²) in [6.07, 6.45) is 10.6. The van der Waals surface area contributed by atoms with Crippen molar-refractivity contribution in [2.75, 3.05) is 0 Å². The van der Waals surface area contributed by atoms with Crippen LogP contribution in [0.3, 0.4) is 0 Å². The Kier molecular flexibility index (Phi) is 5.92. The van der Waals surface area contributed by atoms with Crippen LogP contribution in [0.2, 0.25) is 0 Å². The van der Waals surface area contributed by atoms with Crippen LogP contribution in [0, 0.1) is 0 Å². The number of hydrogen-bond acceptors (Lipinski definition) is 2. The minimum Gasteiger partial charge on any atom is -0.513 e. The van der Waals surface area contributed by atoms with Crippen molar-refractivity contribution in [3.05, 3.63) is 60.2 Å². The summed E-state index contributed by atoms with van der Waals surface area (Å²) in [6, 6.07) is 4.13. The first kappa shape index (κ1) is 14.2. The number of pyridine rings is 1. The highest BCUT2D eigenvalue weighted by Crippen LogP contribution is 2.14. The first-order chi connectivity index (χ1) is 8.63. The van der Waals surface area contributed by atoms with E-state index in [1.54, 1.807) is 19.1 Å². The second kappa shape index (κ2) is 7.49. The molecular formula is C16H21NO. The molecule has 0 aromatic carbocycles. The van der Waals surface area contributed by atoms with Crippen LogP contribution < -0.4 is 0 Å². The summed E-state index contributed by atoms with van der Waals surface area (Å²) in [5.74, 6) is 0.281. The maximum absolute atomic E-state index is 9.04. The van der Waals surface area contributed by atoms with Crippen LogP contribution in [0.4, 0.5) is 0 Å². The first-order valence-electron chi connectivity index (χ1n) is 6.31. The fraction of sp³-hybridized carbons (Fsp3) is 0.312. The molecule has 0 saturated heterocycles. The molecule has 0 aliphatic heterocycles. The molecule has 96 valence electrons. The molecule has 1 heterocycles. The third kappa shape index (κ3) is 5.00. The average molecular weight is 243 g/mol. The normalized spacial score (nSPS) is 12.0. The Morgan fingerprint density at radius 2 is 2.28 bits per heavy atom. The molecular weight excluding hydrogens is 222 g/mol. The van der Waals surface area contributed by atoms with Gasteiger partial charge in [0.2, 0.25) is 0 Å². The number of aryl methyl sites for hydroxylation is 1. The molecule has 0 aliphatic rings. The van der Waals surface area contributed by atoms with Crippen molar-refractivity contribution in [1.29, 1.82) is 0 Å². The van der Waals surface area contributed by atoms with Crippen LogP contribution in [0.5, 0.6) is 0 Å². The topological polar surface area (TPSA) is 33.1 Å². The number of aliphatic hydroxyl groups is 1. The van der Waals surface area contributed by atoms with E-state index in [2.05, 4.69) is 24.6 Å². The van der Waals surface area contributed by atoms with Crippen molar-refractivity contribution in [1.82, 2.24) is 4.98 Å². The van der Waals surface area contributed by atoms with Crippen LogP contribution in [-0.4, -0.2) is 10.1 Å². The summed E-state index contributed by atoms with van der Waals surface area (Å²) < 4.78 is 0. The van der Waals surface area contributed by atoms with Crippen LogP contribution in [0.15, 0.2) is 48.9 Å². The number of hydrogen-bond donors (Lipinski definition) is 1. The molecule has 1 N–H and O–H groups in total. The van der Waals surface area contributed by atoms with Gasteiger partial charge in [0.05, 0.1) is 11.5 Å². The first-order valence-corrected chi connectivity index (χ1v) is 6.31. The summed E-state index contributed by atoms with van der Waals surface area (Å²) in [5.41, 5.74) is 3.04. The Morgan fingerprint density at radius 3 is 2.94 bits per heavy atom. The lowest BCUT2D eigenvalue weighted by molar-refractivity contribution is 0.414. The monoisotopic (exact) mass is 243 g/mol. The van der Waals surface area contributed by atoms with Gasteiger partial charge in [-0.1, -0.05) is 32.1 Å². The van der Waals surface area contributed by atoms with Gasteiger partial charge >= 0.3 is 0 Å². The molecule has 0 saturated carbocycles. The zero-order valence-electron chi connectivity index (χ0n) is 11.2. The number of aliphatic hydroxyl groups excluding tert-OH is 1. The van der Waals surface area contributed by atoms with Crippen LogP contribution in [0.25, 0.3) is 5.57 Å². The molecule has 0 atom stereocenters. The van der Waals surface area contributed by atoms with Gasteiger partial charge in [0.25, 0.3) is 0 Å². The number of nitrogens with zero attached hydrogens (tertiary/aromatic N) is 1. The van der Waals surface area contributed by atoms with Gasteiger partial charge in [0.15, 0.2) is 0 Å². The van der Waals surface area contributed by atoms with Crippen molar-refractivity contribution in [3.63, 3.8) is 0 Å². The molecule has 2 nitrogen and oxygen atoms in total. The molecule has 0 spiro atoms. The van der Waals surface area contributed by atoms with Crippen molar-refractivity contribution in [2.24, 2.45) is 0 Å². The zero-order chi connectivity index (χ0) is 13.4. The number of aromatic nitrogens is 1. The van der Waals surface area contributed by atoms with E-state index in [1.807, 2.05) is 18.3 Å². The van der Waals surface area contributed by atoms with E-state index in [0.29, 0.717) is 0 Å². The van der Waals surface area contributed by atoms with Gasteiger partial charge in [-0.05, 0) is 49.1 Å². The van der Waals surface area contributed by atoms with Crippen molar-refractivity contribution in [2.45, 2.75) is 33.1 Å². The van der Waals surface area contributed by atoms with Crippen molar-refractivity contribution < 1.29 is 5.11 Å². The van der Waals surface area contributed by atoms with Crippen molar-refractivity contribution >= 4 is 5.57 Å². The fourth-order valence-electron chi connectivity index (χ4n) is 1.58. The lowest BCUT2D eigenvalue weighted by atomic mass is 10.1. The predicted octanol–water partition coefficient (Wildman–Crippen LogP) is 4.46. The summed E-state index contributed by atoms with van der Waals surface area (Å²) in [4.78, 5) is 4.31. The van der Waals surface area contributed by atoms with E-state index in [0.717, 1.165) is 17.7 Å². The minimum atomic E-state index is 0.281. The smallest absolute Gasteiger partial charge is 0.0891 e. The number of allylic oxidation sites excluding steroid dienone is 5. The van der Waals surface area contributed by atoms with Gasteiger partial charge in [0, 0.05) is 6.20 Å². The summed E-state index contributed by atoms with van der Waals surface area (Å²) in [7, 11) is 0. The minimum absolute atomic E-state index is 0.281. The third-order valence-corrected chi connectivity index (χ3v) is 2.61. The van der Waals surface area contributed by atoms with E-state index < -0.39 is 0 Å². The highest BCUT2D eigenvalue weighted by Gasteiger charge is 1.99. The molecule has 0 radical (unpaired) electrons. The van der Waals surface area contributed by atoms with Gasteiger partial charge in [-0.3, -0.25) is 4.98 Å². The maximum atomic E-state index is 9.04.